The third-order valence-corrected chi connectivity index (χ3v) is 6.25. The van der Waals surface area contributed by atoms with Gasteiger partial charge in [0.1, 0.15) is 0 Å². The zero-order valence-electron chi connectivity index (χ0n) is 19.9. The van der Waals surface area contributed by atoms with Crippen molar-refractivity contribution >= 4 is 0 Å². The molecule has 0 nitrogen and oxygen atoms in total. The van der Waals surface area contributed by atoms with E-state index in [1.54, 1.807) is 0 Å². The molecule has 0 fully saturated rings. The number of unbranched alkanes of at least 4 members (excludes halogenated alkanes) is 15. The average molecular weight is 391 g/mol. The summed E-state index contributed by atoms with van der Waals surface area (Å²) in [6.45, 7) is 12.7. The number of rotatable bonds is 22. The third-order valence-electron chi connectivity index (χ3n) is 6.25. The molecule has 0 saturated heterocycles. The first-order valence-corrected chi connectivity index (χ1v) is 13.0. The Morgan fingerprint density at radius 2 is 0.893 bits per heavy atom. The Morgan fingerprint density at radius 1 is 0.500 bits per heavy atom. The van der Waals surface area contributed by atoms with E-state index in [2.05, 4.69) is 39.8 Å². The average Bonchev–Trinajstić information content (AvgIpc) is 2.68. The Kier molecular flexibility index (Phi) is 22.8. The van der Waals surface area contributed by atoms with Crippen LogP contribution in [0.5, 0.6) is 0 Å². The van der Waals surface area contributed by atoms with Crippen molar-refractivity contribution in [3.63, 3.8) is 0 Å². The van der Waals surface area contributed by atoms with Crippen molar-refractivity contribution < 1.29 is 0 Å². The quantitative estimate of drug-likeness (QED) is 0.127. The van der Waals surface area contributed by atoms with Gasteiger partial charge in [-0.25, -0.2) is 0 Å². The molecule has 0 aliphatic carbocycles. The predicted molar refractivity (Wildman–Crippen MR) is 131 cm³/mol. The summed E-state index contributed by atoms with van der Waals surface area (Å²) in [6.07, 6.45) is 32.2. The van der Waals surface area contributed by atoms with Crippen LogP contribution < -0.4 is 0 Å². The van der Waals surface area contributed by atoms with Crippen molar-refractivity contribution in [3.8, 4) is 0 Å². The Morgan fingerprint density at radius 3 is 1.39 bits per heavy atom. The molecule has 0 amide bonds. The van der Waals surface area contributed by atoms with Crippen molar-refractivity contribution in [2.24, 2.45) is 11.8 Å². The van der Waals surface area contributed by atoms with E-state index in [4.69, 9.17) is 0 Å². The van der Waals surface area contributed by atoms with Crippen molar-refractivity contribution in [2.45, 2.75) is 142 Å². The van der Waals surface area contributed by atoms with E-state index in [1.165, 1.54) is 116 Å². The summed E-state index contributed by atoms with van der Waals surface area (Å²) in [6, 6.07) is 0. The van der Waals surface area contributed by atoms with Gasteiger partial charge in [0.05, 0.1) is 0 Å². The van der Waals surface area contributed by atoms with Crippen LogP contribution in [-0.4, -0.2) is 0 Å². The molecule has 2 radical (unpaired) electrons. The summed E-state index contributed by atoms with van der Waals surface area (Å²) in [5, 5.41) is 0. The van der Waals surface area contributed by atoms with Crippen molar-refractivity contribution in [3.05, 3.63) is 26.0 Å². The van der Waals surface area contributed by atoms with E-state index < -0.39 is 0 Å². The fourth-order valence-corrected chi connectivity index (χ4v) is 4.16. The van der Waals surface area contributed by atoms with Crippen LogP contribution in [0.15, 0.2) is 12.2 Å². The molecule has 1 unspecified atom stereocenters. The highest BCUT2D eigenvalue weighted by Crippen LogP contribution is 2.24. The first-order valence-electron chi connectivity index (χ1n) is 13.0. The number of hydrogen-bond acceptors (Lipinski definition) is 0. The minimum absolute atomic E-state index is 0.840. The zero-order chi connectivity index (χ0) is 20.7. The van der Waals surface area contributed by atoms with Gasteiger partial charge >= 0.3 is 0 Å². The molecule has 0 N–H and O–H groups in total. The highest BCUT2D eigenvalue weighted by Gasteiger charge is 2.11. The molecule has 0 bridgehead atoms. The van der Waals surface area contributed by atoms with Crippen LogP contribution >= 0.6 is 0 Å². The van der Waals surface area contributed by atoms with Gasteiger partial charge in [-0.2, -0.15) is 0 Å². The number of hydrogen-bond donors (Lipinski definition) is 0. The summed E-state index contributed by atoms with van der Waals surface area (Å²) >= 11 is 0. The lowest BCUT2D eigenvalue weighted by Crippen LogP contribution is -2.08. The highest BCUT2D eigenvalue weighted by atomic mass is 14.2. The van der Waals surface area contributed by atoms with Crippen molar-refractivity contribution in [2.75, 3.05) is 0 Å². The summed E-state index contributed by atoms with van der Waals surface area (Å²) in [5.74, 6) is 1.76. The van der Waals surface area contributed by atoms with Crippen LogP contribution in [0.4, 0.5) is 0 Å². The molecule has 0 saturated carbocycles. The van der Waals surface area contributed by atoms with Crippen LogP contribution in [0.2, 0.25) is 0 Å². The third kappa shape index (κ3) is 20.5. The summed E-state index contributed by atoms with van der Waals surface area (Å²) in [4.78, 5) is 0. The molecule has 28 heavy (non-hydrogen) atoms. The van der Waals surface area contributed by atoms with E-state index in [9.17, 15) is 0 Å². The molecule has 0 heteroatoms. The Balaban J connectivity index is 3.35. The van der Waals surface area contributed by atoms with Gasteiger partial charge in [-0.1, -0.05) is 136 Å². The largest absolute Gasteiger partial charge is 0.0885 e. The second-order valence-corrected chi connectivity index (χ2v) is 9.29. The van der Waals surface area contributed by atoms with Gasteiger partial charge in [-0.15, -0.1) is 0 Å². The molecular weight excluding hydrogens is 336 g/mol. The van der Waals surface area contributed by atoms with Gasteiger partial charge in [-0.3, -0.25) is 0 Å². The maximum absolute atomic E-state index is 3.97. The highest BCUT2D eigenvalue weighted by molar-refractivity contribution is 4.81. The molecule has 0 aromatic carbocycles. The molecule has 0 aromatic heterocycles. The van der Waals surface area contributed by atoms with Gasteiger partial charge in [-0.05, 0) is 43.9 Å². The lowest BCUT2D eigenvalue weighted by Gasteiger charge is -2.20. The van der Waals surface area contributed by atoms with E-state index in [0.717, 1.165) is 24.7 Å². The van der Waals surface area contributed by atoms with Gasteiger partial charge in [0.25, 0.3) is 0 Å². The lowest BCUT2D eigenvalue weighted by atomic mass is 9.86. The summed E-state index contributed by atoms with van der Waals surface area (Å²) in [7, 11) is 0. The molecular formula is C28H54. The maximum atomic E-state index is 3.97. The van der Waals surface area contributed by atoms with Crippen molar-refractivity contribution in [1.82, 2.24) is 0 Å². The second kappa shape index (κ2) is 23.0. The lowest BCUT2D eigenvalue weighted by molar-refractivity contribution is 0.320. The molecule has 1 atom stereocenters. The van der Waals surface area contributed by atoms with E-state index in [0.29, 0.717) is 0 Å². The van der Waals surface area contributed by atoms with Crippen LogP contribution in [0.25, 0.3) is 0 Å². The van der Waals surface area contributed by atoms with Crippen LogP contribution in [0, 0.1) is 25.7 Å². The minimum Gasteiger partial charge on any atom is -0.0885 e. The normalized spacial score (nSPS) is 13.0. The Bertz CT molecular complexity index is 301. The summed E-state index contributed by atoms with van der Waals surface area (Å²) in [5.41, 5.74) is 0. The van der Waals surface area contributed by atoms with Crippen LogP contribution in [0.3, 0.4) is 0 Å². The van der Waals surface area contributed by atoms with Crippen LogP contribution in [-0.2, 0) is 0 Å². The van der Waals surface area contributed by atoms with Gasteiger partial charge in [0, 0.05) is 0 Å². The first kappa shape index (κ1) is 27.7. The minimum atomic E-state index is 0.840. The molecule has 0 heterocycles. The maximum Gasteiger partial charge on any atom is -0.0351 e. The molecule has 0 spiro atoms. The predicted octanol–water partition coefficient (Wildman–Crippen LogP) is 10.3. The molecule has 0 aromatic rings. The molecule has 166 valence electrons. The fourth-order valence-electron chi connectivity index (χ4n) is 4.16. The monoisotopic (exact) mass is 390 g/mol. The smallest absolute Gasteiger partial charge is 0.0351 e. The first-order chi connectivity index (χ1) is 13.7. The molecule has 0 aliphatic heterocycles. The van der Waals surface area contributed by atoms with E-state index >= 15 is 0 Å². The Labute approximate surface area is 180 Å². The fraction of sp³-hybridized carbons (Fsp3) is 0.857. The molecule has 0 rings (SSSR count). The number of allylic oxidation sites excluding steroid dienone is 2. The summed E-state index contributed by atoms with van der Waals surface area (Å²) < 4.78 is 0. The van der Waals surface area contributed by atoms with E-state index in [1.807, 2.05) is 0 Å². The van der Waals surface area contributed by atoms with E-state index in [-0.39, 0.29) is 0 Å². The van der Waals surface area contributed by atoms with Crippen molar-refractivity contribution in [1.29, 1.82) is 0 Å². The van der Waals surface area contributed by atoms with Crippen LogP contribution in [0.1, 0.15) is 142 Å². The standard InChI is InChI=1S/C28H54/c1-5-7-9-10-11-12-13-14-15-16-17-18-19-20-21-22-24-26-28(27(3)4)25-23-8-6-2/h20-21,27-28H,1-2,5-19,22-26H2,3-4H3. The van der Waals surface area contributed by atoms with Gasteiger partial charge < -0.3 is 0 Å². The topological polar surface area (TPSA) is 0 Å². The van der Waals surface area contributed by atoms with Gasteiger partial charge in [0.15, 0.2) is 0 Å². The SMILES string of the molecule is [CH2]CCCCCCCCCCCCCC=CCCCC(CCCC[CH2])C(C)C. The Hall–Kier alpha value is -0.260. The zero-order valence-corrected chi connectivity index (χ0v) is 19.9. The second-order valence-electron chi connectivity index (χ2n) is 9.29. The van der Waals surface area contributed by atoms with Gasteiger partial charge in [0.2, 0.25) is 0 Å². The molecule has 0 aliphatic rings.